The van der Waals surface area contributed by atoms with Gasteiger partial charge in [0, 0.05) is 24.4 Å². The van der Waals surface area contributed by atoms with Gasteiger partial charge in [0.2, 0.25) is 5.91 Å². The van der Waals surface area contributed by atoms with Crippen molar-refractivity contribution in [3.63, 3.8) is 0 Å². The fourth-order valence-electron chi connectivity index (χ4n) is 1.98. The van der Waals surface area contributed by atoms with Gasteiger partial charge in [0.1, 0.15) is 15.7 Å². The van der Waals surface area contributed by atoms with E-state index in [1.165, 1.54) is 22.2 Å². The van der Waals surface area contributed by atoms with Crippen LogP contribution < -0.4 is 0 Å². The van der Waals surface area contributed by atoms with Crippen molar-refractivity contribution in [2.45, 2.75) is 38.0 Å². The summed E-state index contributed by atoms with van der Waals surface area (Å²) in [5.41, 5.74) is 1.22. The van der Waals surface area contributed by atoms with Gasteiger partial charge in [-0.2, -0.15) is 0 Å². The third-order valence-electron chi connectivity index (χ3n) is 3.18. The van der Waals surface area contributed by atoms with E-state index in [0.717, 1.165) is 21.1 Å². The van der Waals surface area contributed by atoms with Gasteiger partial charge in [-0.15, -0.1) is 11.3 Å². The molecule has 2 heterocycles. The number of rotatable bonds is 3. The van der Waals surface area contributed by atoms with Crippen LogP contribution in [0.15, 0.2) is 5.03 Å². The Bertz CT molecular complexity index is 664. The van der Waals surface area contributed by atoms with Gasteiger partial charge in [-0.05, 0) is 33.3 Å². The van der Waals surface area contributed by atoms with Crippen molar-refractivity contribution in [2.24, 2.45) is 0 Å². The van der Waals surface area contributed by atoms with E-state index in [9.17, 15) is 4.79 Å². The van der Waals surface area contributed by atoms with Crippen LogP contribution in [0.2, 0.25) is 0 Å². The second-order valence-electron chi connectivity index (χ2n) is 5.03. The van der Waals surface area contributed by atoms with Gasteiger partial charge in [-0.3, -0.25) is 4.79 Å². The van der Waals surface area contributed by atoms with Crippen LogP contribution in [0.3, 0.4) is 0 Å². The van der Waals surface area contributed by atoms with Crippen molar-refractivity contribution in [2.75, 3.05) is 14.1 Å². The number of amides is 1. The molecule has 0 aromatic carbocycles. The molecule has 0 radical (unpaired) electrons. The Balaban J connectivity index is 2.46. The second-order valence-corrected chi connectivity index (χ2v) is 7.56. The quantitative estimate of drug-likeness (QED) is 0.645. The number of carbonyl (C=O) groups is 1. The summed E-state index contributed by atoms with van der Waals surface area (Å²) in [6.45, 7) is 8.01. The third kappa shape index (κ3) is 2.81. The van der Waals surface area contributed by atoms with Crippen LogP contribution in [0, 0.1) is 20.8 Å². The lowest BCUT2D eigenvalue weighted by atomic mass is 10.2. The molecular weight excluding hydrogens is 290 g/mol. The molecule has 2 aromatic heterocycles. The predicted molar refractivity (Wildman–Crippen MR) is 85.6 cm³/mol. The van der Waals surface area contributed by atoms with Crippen molar-refractivity contribution in [1.82, 2.24) is 14.9 Å². The summed E-state index contributed by atoms with van der Waals surface area (Å²) in [5, 5.41) is 1.86. The van der Waals surface area contributed by atoms with E-state index in [2.05, 4.69) is 23.8 Å². The van der Waals surface area contributed by atoms with E-state index < -0.39 is 0 Å². The smallest absolute Gasteiger partial charge is 0.235 e. The van der Waals surface area contributed by atoms with Crippen LogP contribution in [0.5, 0.6) is 0 Å². The number of nitrogens with zero attached hydrogens (tertiary/aromatic N) is 3. The largest absolute Gasteiger partial charge is 0.348 e. The molecule has 108 valence electrons. The van der Waals surface area contributed by atoms with Crippen LogP contribution in [0.25, 0.3) is 10.2 Å². The summed E-state index contributed by atoms with van der Waals surface area (Å²) in [7, 11) is 3.56. The maximum absolute atomic E-state index is 12.0. The molecule has 0 fully saturated rings. The lowest BCUT2D eigenvalue weighted by molar-refractivity contribution is -0.127. The first-order valence-electron chi connectivity index (χ1n) is 6.43. The SMILES string of the molecule is Cc1nc(S[C@H](C)C(=O)N(C)C)c2c(C)c(C)sc2n1. The summed E-state index contributed by atoms with van der Waals surface area (Å²) in [6.07, 6.45) is 0. The maximum Gasteiger partial charge on any atom is 0.235 e. The van der Waals surface area contributed by atoms with Crippen molar-refractivity contribution < 1.29 is 4.79 Å². The van der Waals surface area contributed by atoms with Gasteiger partial charge in [0.15, 0.2) is 0 Å². The zero-order valence-electron chi connectivity index (χ0n) is 12.6. The highest BCUT2D eigenvalue weighted by atomic mass is 32.2. The topological polar surface area (TPSA) is 46.1 Å². The molecule has 0 aliphatic heterocycles. The fourth-order valence-corrected chi connectivity index (χ4v) is 4.32. The van der Waals surface area contributed by atoms with E-state index in [1.807, 2.05) is 13.8 Å². The highest BCUT2D eigenvalue weighted by Gasteiger charge is 2.21. The van der Waals surface area contributed by atoms with E-state index in [-0.39, 0.29) is 11.2 Å². The Morgan fingerprint density at radius 3 is 2.50 bits per heavy atom. The first-order chi connectivity index (χ1) is 9.31. The maximum atomic E-state index is 12.0. The minimum absolute atomic E-state index is 0.101. The summed E-state index contributed by atoms with van der Waals surface area (Å²) >= 11 is 3.20. The van der Waals surface area contributed by atoms with Crippen LogP contribution in [-0.2, 0) is 4.79 Å². The van der Waals surface area contributed by atoms with Crippen molar-refractivity contribution in [3.05, 3.63) is 16.3 Å². The lowest BCUT2D eigenvalue weighted by Gasteiger charge is -2.16. The molecule has 1 atom stereocenters. The van der Waals surface area contributed by atoms with E-state index >= 15 is 0 Å². The molecule has 6 heteroatoms. The molecule has 20 heavy (non-hydrogen) atoms. The highest BCUT2D eigenvalue weighted by Crippen LogP contribution is 2.36. The zero-order valence-corrected chi connectivity index (χ0v) is 14.3. The standard InChI is InChI=1S/C14H19N3OS2/c1-7-8(2)19-12-11(7)13(16-10(4)15-12)20-9(3)14(18)17(5)6/h9H,1-6H3/t9-/m1/s1. The molecule has 2 aromatic rings. The molecule has 0 saturated heterocycles. The number of aromatic nitrogens is 2. The lowest BCUT2D eigenvalue weighted by Crippen LogP contribution is -2.29. The van der Waals surface area contributed by atoms with Crippen LogP contribution in [-0.4, -0.2) is 40.1 Å². The Morgan fingerprint density at radius 1 is 1.25 bits per heavy atom. The van der Waals surface area contributed by atoms with Crippen LogP contribution >= 0.6 is 23.1 Å². The molecule has 0 spiro atoms. The number of hydrogen-bond acceptors (Lipinski definition) is 5. The van der Waals surface area contributed by atoms with Gasteiger partial charge < -0.3 is 4.90 Å². The zero-order chi connectivity index (χ0) is 15.0. The molecule has 1 amide bonds. The van der Waals surface area contributed by atoms with Gasteiger partial charge in [0.25, 0.3) is 0 Å². The van der Waals surface area contributed by atoms with Crippen LogP contribution in [0.1, 0.15) is 23.2 Å². The molecule has 0 saturated carbocycles. The van der Waals surface area contributed by atoms with E-state index in [1.54, 1.807) is 30.3 Å². The number of fused-ring (bicyclic) bond motifs is 1. The predicted octanol–water partition coefficient (Wildman–Crippen LogP) is 3.19. The van der Waals surface area contributed by atoms with E-state index in [4.69, 9.17) is 0 Å². The fraction of sp³-hybridized carbons (Fsp3) is 0.500. The van der Waals surface area contributed by atoms with E-state index in [0.29, 0.717) is 0 Å². The number of thiophene rings is 1. The molecule has 0 aliphatic rings. The first kappa shape index (κ1) is 15.3. The number of hydrogen-bond donors (Lipinski definition) is 0. The first-order valence-corrected chi connectivity index (χ1v) is 8.13. The minimum Gasteiger partial charge on any atom is -0.348 e. The Labute approximate surface area is 127 Å². The summed E-state index contributed by atoms with van der Waals surface area (Å²) in [5.74, 6) is 0.856. The number of aryl methyl sites for hydroxylation is 3. The molecule has 0 unspecified atom stereocenters. The average Bonchev–Trinajstić information content (AvgIpc) is 2.63. The highest BCUT2D eigenvalue weighted by molar-refractivity contribution is 8.00. The number of carbonyl (C=O) groups excluding carboxylic acids is 1. The summed E-state index contributed by atoms with van der Waals surface area (Å²) in [4.78, 5) is 25.0. The number of thioether (sulfide) groups is 1. The Kier molecular flexibility index (Phi) is 4.34. The van der Waals surface area contributed by atoms with Crippen LogP contribution in [0.4, 0.5) is 0 Å². The molecule has 4 nitrogen and oxygen atoms in total. The molecule has 0 N–H and O–H groups in total. The second kappa shape index (κ2) is 5.69. The third-order valence-corrected chi connectivity index (χ3v) is 5.36. The van der Waals surface area contributed by atoms with Gasteiger partial charge in [-0.1, -0.05) is 11.8 Å². The van der Waals surface area contributed by atoms with Crippen molar-refractivity contribution in [3.8, 4) is 0 Å². The Hall–Kier alpha value is -1.14. The monoisotopic (exact) mass is 309 g/mol. The Morgan fingerprint density at radius 2 is 1.90 bits per heavy atom. The van der Waals surface area contributed by atoms with Gasteiger partial charge >= 0.3 is 0 Å². The molecule has 2 rings (SSSR count). The van der Waals surface area contributed by atoms with Gasteiger partial charge in [-0.25, -0.2) is 9.97 Å². The average molecular weight is 309 g/mol. The van der Waals surface area contributed by atoms with Crippen molar-refractivity contribution in [1.29, 1.82) is 0 Å². The molecule has 0 aliphatic carbocycles. The summed E-state index contributed by atoms with van der Waals surface area (Å²) in [6, 6.07) is 0. The molecule has 0 bridgehead atoms. The minimum atomic E-state index is -0.151. The normalized spacial score (nSPS) is 12.7. The molecular formula is C14H19N3OS2. The van der Waals surface area contributed by atoms with Gasteiger partial charge in [0.05, 0.1) is 5.25 Å². The summed E-state index contributed by atoms with van der Waals surface area (Å²) < 4.78 is 0. The van der Waals surface area contributed by atoms with Crippen molar-refractivity contribution >= 4 is 39.2 Å².